The van der Waals surface area contributed by atoms with Gasteiger partial charge in [0.05, 0.1) is 18.7 Å². The number of carbonyl (C=O) groups is 1. The van der Waals surface area contributed by atoms with Gasteiger partial charge in [0, 0.05) is 18.2 Å². The van der Waals surface area contributed by atoms with E-state index in [1.54, 1.807) is 17.9 Å². The number of benzene rings is 2. The fourth-order valence-electron chi connectivity index (χ4n) is 6.17. The van der Waals surface area contributed by atoms with Crippen LogP contribution in [0.25, 0.3) is 5.57 Å². The minimum atomic E-state index is -4.50. The van der Waals surface area contributed by atoms with E-state index in [0.717, 1.165) is 48.1 Å². The Balaban J connectivity index is 1.76. The lowest BCUT2D eigenvalue weighted by Crippen LogP contribution is -2.36. The molecule has 1 aliphatic heterocycles. The van der Waals surface area contributed by atoms with Gasteiger partial charge in [-0.2, -0.15) is 13.2 Å². The number of cyclic esters (lactones) is 1. The third-order valence-corrected chi connectivity index (χ3v) is 8.66. The molecule has 0 bridgehead atoms. The second-order valence-electron chi connectivity index (χ2n) is 12.9. The van der Waals surface area contributed by atoms with Crippen LogP contribution >= 0.6 is 0 Å². The third kappa shape index (κ3) is 6.41. The Morgan fingerprint density at radius 1 is 1.10 bits per heavy atom. The van der Waals surface area contributed by atoms with Gasteiger partial charge in [-0.15, -0.1) is 0 Å². The largest absolute Gasteiger partial charge is 0.496 e. The van der Waals surface area contributed by atoms with Crippen molar-refractivity contribution < 1.29 is 31.8 Å². The molecule has 1 heterocycles. The van der Waals surface area contributed by atoms with Gasteiger partial charge in [-0.25, -0.2) is 9.18 Å². The van der Waals surface area contributed by atoms with Gasteiger partial charge in [0.15, 0.2) is 0 Å². The molecule has 1 saturated heterocycles. The minimum absolute atomic E-state index is 0.0279. The van der Waals surface area contributed by atoms with Crippen LogP contribution in [0, 0.1) is 24.1 Å². The van der Waals surface area contributed by atoms with Crippen LogP contribution in [0.15, 0.2) is 35.9 Å². The third-order valence-electron chi connectivity index (χ3n) is 8.66. The average Bonchev–Trinajstić information content (AvgIpc) is 3.15. The van der Waals surface area contributed by atoms with Crippen LogP contribution in [-0.2, 0) is 10.9 Å². The van der Waals surface area contributed by atoms with E-state index >= 15 is 0 Å². The molecule has 2 aromatic carbocycles. The summed E-state index contributed by atoms with van der Waals surface area (Å²) in [6, 6.07) is 6.62. The summed E-state index contributed by atoms with van der Waals surface area (Å²) in [4.78, 5) is 14.8. The van der Waals surface area contributed by atoms with Crippen LogP contribution in [0.3, 0.4) is 0 Å². The second-order valence-corrected chi connectivity index (χ2v) is 12.9. The van der Waals surface area contributed by atoms with Crippen LogP contribution in [-0.4, -0.2) is 30.7 Å². The first kappa shape index (κ1) is 30.9. The van der Waals surface area contributed by atoms with Gasteiger partial charge in [-0.1, -0.05) is 46.2 Å². The van der Waals surface area contributed by atoms with E-state index < -0.39 is 30.0 Å². The zero-order valence-corrected chi connectivity index (χ0v) is 25.2. The number of amides is 1. The number of allylic oxidation sites excluding steroid dienone is 1. The molecule has 224 valence electrons. The van der Waals surface area contributed by atoms with E-state index in [-0.39, 0.29) is 23.7 Å². The van der Waals surface area contributed by atoms with Gasteiger partial charge < -0.3 is 9.47 Å². The number of hydrogen-bond acceptors (Lipinski definition) is 3. The molecule has 1 amide bonds. The summed E-state index contributed by atoms with van der Waals surface area (Å²) in [7, 11) is 1.52. The van der Waals surface area contributed by atoms with E-state index in [1.165, 1.54) is 13.2 Å². The minimum Gasteiger partial charge on any atom is -0.496 e. The van der Waals surface area contributed by atoms with E-state index in [1.807, 2.05) is 26.8 Å². The summed E-state index contributed by atoms with van der Waals surface area (Å²) in [5.74, 6) is 0.457. The number of aryl methyl sites for hydroxylation is 1. The van der Waals surface area contributed by atoms with Gasteiger partial charge in [0.1, 0.15) is 17.7 Å². The van der Waals surface area contributed by atoms with Gasteiger partial charge in [0.2, 0.25) is 0 Å². The first-order valence-corrected chi connectivity index (χ1v) is 14.3. The Kier molecular flexibility index (Phi) is 8.55. The van der Waals surface area contributed by atoms with Crippen molar-refractivity contribution >= 4 is 11.7 Å². The molecule has 3 atom stereocenters. The highest BCUT2D eigenvalue weighted by Crippen LogP contribution is 2.47. The molecule has 8 heteroatoms. The molecule has 0 aromatic heterocycles. The van der Waals surface area contributed by atoms with Crippen LogP contribution in [0.4, 0.5) is 22.4 Å². The molecule has 4 rings (SSSR count). The molecule has 2 aromatic rings. The van der Waals surface area contributed by atoms with E-state index in [0.29, 0.717) is 28.4 Å². The molecule has 0 saturated carbocycles. The Bertz CT molecular complexity index is 1340. The lowest BCUT2D eigenvalue weighted by Gasteiger charge is -2.38. The first-order valence-electron chi connectivity index (χ1n) is 14.3. The highest BCUT2D eigenvalue weighted by molar-refractivity contribution is 5.77. The molecule has 2 aliphatic rings. The average molecular weight is 576 g/mol. The Labute approximate surface area is 240 Å². The fourth-order valence-corrected chi connectivity index (χ4v) is 6.17. The predicted octanol–water partition coefficient (Wildman–Crippen LogP) is 9.47. The number of halogens is 4. The van der Waals surface area contributed by atoms with Gasteiger partial charge in [-0.3, -0.25) is 4.90 Å². The number of alkyl halides is 3. The summed E-state index contributed by atoms with van der Waals surface area (Å²) in [6.45, 7) is 14.2. The molecule has 1 aliphatic carbocycles. The van der Waals surface area contributed by atoms with Gasteiger partial charge >= 0.3 is 12.3 Å². The van der Waals surface area contributed by atoms with Crippen LogP contribution in [0.2, 0.25) is 0 Å². The number of nitrogens with zero attached hydrogens (tertiary/aromatic N) is 1. The zero-order valence-electron chi connectivity index (χ0n) is 25.2. The zero-order chi connectivity index (χ0) is 30.4. The lowest BCUT2D eigenvalue weighted by atomic mass is 9.69. The Hall–Kier alpha value is -3.03. The van der Waals surface area contributed by atoms with Crippen molar-refractivity contribution in [1.29, 1.82) is 0 Å². The maximum atomic E-state index is 14.9. The monoisotopic (exact) mass is 575 g/mol. The quantitative estimate of drug-likeness (QED) is 0.322. The predicted molar refractivity (Wildman–Crippen MR) is 152 cm³/mol. The first-order chi connectivity index (χ1) is 19.0. The molecular weight excluding hydrogens is 534 g/mol. The number of ether oxygens (including phenoxy) is 2. The summed E-state index contributed by atoms with van der Waals surface area (Å²) >= 11 is 0. The molecule has 0 radical (unpaired) electrons. The maximum Gasteiger partial charge on any atom is 0.416 e. The summed E-state index contributed by atoms with van der Waals surface area (Å²) < 4.78 is 66.8. The van der Waals surface area contributed by atoms with Crippen molar-refractivity contribution in [3.63, 3.8) is 0 Å². The van der Waals surface area contributed by atoms with E-state index in [2.05, 4.69) is 20.8 Å². The highest BCUT2D eigenvalue weighted by Gasteiger charge is 2.42. The van der Waals surface area contributed by atoms with Crippen molar-refractivity contribution in [2.45, 2.75) is 92.0 Å². The number of carbonyl (C=O) groups excluding carboxylic acids is 1. The number of methoxy groups -OCH3 is 1. The van der Waals surface area contributed by atoms with Crippen molar-refractivity contribution in [1.82, 2.24) is 4.90 Å². The molecule has 0 spiro atoms. The van der Waals surface area contributed by atoms with Crippen molar-refractivity contribution in [2.75, 3.05) is 13.7 Å². The molecule has 1 fully saturated rings. The molecular formula is C33H41F4NO3. The second kappa shape index (κ2) is 11.3. The molecule has 0 N–H and O–H groups in total. The molecule has 41 heavy (non-hydrogen) atoms. The smallest absolute Gasteiger partial charge is 0.416 e. The molecule has 4 nitrogen and oxygen atoms in total. The van der Waals surface area contributed by atoms with Crippen LogP contribution in [0.5, 0.6) is 5.75 Å². The summed E-state index contributed by atoms with van der Waals surface area (Å²) in [5.41, 5.74) is 3.54. The standard InChI is InChI=1S/C33H41F4NO3/c1-18(2)26-15-27(29(40-8)16-28(26)34)25-10-9-23(32(5,6)7)14-22(25)17-38-20(4)30(41-31(38)39)21-11-19(3)12-24(13-21)33(35,36)37/h11-13,15-16,18,20,23,30H,9-10,14,17H2,1-8H3/t20-,23?,30-/m0/s1. The van der Waals surface area contributed by atoms with Gasteiger partial charge in [-0.05, 0) is 90.8 Å². The van der Waals surface area contributed by atoms with Gasteiger partial charge in [0.25, 0.3) is 0 Å². The maximum absolute atomic E-state index is 14.9. The van der Waals surface area contributed by atoms with Crippen molar-refractivity contribution in [3.8, 4) is 5.75 Å². The summed E-state index contributed by atoms with van der Waals surface area (Å²) in [5, 5.41) is 0. The topological polar surface area (TPSA) is 38.8 Å². The number of hydrogen-bond donors (Lipinski definition) is 0. The lowest BCUT2D eigenvalue weighted by molar-refractivity contribution is -0.137. The fraction of sp³-hybridized carbons (Fsp3) is 0.545. The summed E-state index contributed by atoms with van der Waals surface area (Å²) in [6.07, 6.45) is -3.48. The Morgan fingerprint density at radius 2 is 1.78 bits per heavy atom. The number of rotatable bonds is 6. The SMILES string of the molecule is COc1cc(F)c(C(C)C)cc1C1=C(CN2C(=O)O[C@H](c3cc(C)cc(C(F)(F)F)c3)[C@@H]2C)CC(C(C)(C)C)CC1. The van der Waals surface area contributed by atoms with E-state index in [4.69, 9.17) is 9.47 Å². The normalized spacial score (nSPS) is 22.0. The van der Waals surface area contributed by atoms with Crippen molar-refractivity contribution in [3.05, 3.63) is 69.5 Å². The highest BCUT2D eigenvalue weighted by atomic mass is 19.4. The molecule has 1 unspecified atom stereocenters. The van der Waals surface area contributed by atoms with Crippen LogP contribution in [0.1, 0.15) is 101 Å². The van der Waals surface area contributed by atoms with Crippen LogP contribution < -0.4 is 4.74 Å². The Morgan fingerprint density at radius 3 is 2.37 bits per heavy atom. The van der Waals surface area contributed by atoms with E-state index in [9.17, 15) is 22.4 Å². The van der Waals surface area contributed by atoms with Crippen molar-refractivity contribution in [2.24, 2.45) is 11.3 Å².